The minimum Gasteiger partial charge on any atom is -0.308 e. The van der Waals surface area contributed by atoms with Crippen molar-refractivity contribution in [2.24, 2.45) is 0 Å². The van der Waals surface area contributed by atoms with E-state index in [0.717, 1.165) is 5.57 Å². The molecule has 0 fully saturated rings. The average Bonchev–Trinajstić information content (AvgIpc) is 2.92. The fourth-order valence-corrected chi connectivity index (χ4v) is 4.09. The van der Waals surface area contributed by atoms with Gasteiger partial charge in [-0.1, -0.05) is 84.9 Å². The molecule has 0 heterocycles. The minimum absolute atomic E-state index is 0.412. The molecule has 1 aliphatic rings. The summed E-state index contributed by atoms with van der Waals surface area (Å²) in [6.45, 7) is 2.13. The van der Waals surface area contributed by atoms with Gasteiger partial charge in [0, 0.05) is 6.21 Å². The molecule has 3 aromatic rings. The molecule has 0 radical (unpaired) electrons. The first-order chi connectivity index (χ1) is 11.8. The van der Waals surface area contributed by atoms with E-state index in [9.17, 15) is 0 Å². The van der Waals surface area contributed by atoms with Gasteiger partial charge >= 0.3 is 0 Å². The van der Waals surface area contributed by atoms with Crippen LogP contribution in [0.3, 0.4) is 0 Å². The zero-order chi connectivity index (χ0) is 16.6. The molecule has 24 heavy (non-hydrogen) atoms. The number of hydrogen-bond donors (Lipinski definition) is 1. The lowest BCUT2D eigenvalue weighted by Crippen LogP contribution is -2.30. The summed E-state index contributed by atoms with van der Waals surface area (Å²) < 4.78 is 0. The Morgan fingerprint density at radius 3 is 1.75 bits per heavy atom. The predicted molar refractivity (Wildman–Crippen MR) is 101 cm³/mol. The molecule has 0 saturated heterocycles. The van der Waals surface area contributed by atoms with Gasteiger partial charge in [-0.2, -0.15) is 0 Å². The van der Waals surface area contributed by atoms with E-state index in [2.05, 4.69) is 79.7 Å². The highest BCUT2D eigenvalue weighted by Crippen LogP contribution is 2.53. The van der Waals surface area contributed by atoms with Crippen LogP contribution in [0.5, 0.6) is 0 Å². The molecule has 3 aromatic carbocycles. The van der Waals surface area contributed by atoms with Crippen LogP contribution in [0.4, 0.5) is 0 Å². The van der Waals surface area contributed by atoms with Crippen LogP contribution >= 0.6 is 0 Å². The van der Waals surface area contributed by atoms with Gasteiger partial charge in [0.25, 0.3) is 0 Å². The van der Waals surface area contributed by atoms with Crippen molar-refractivity contribution in [3.63, 3.8) is 0 Å². The molecule has 116 valence electrons. The van der Waals surface area contributed by atoms with Crippen molar-refractivity contribution in [2.75, 3.05) is 0 Å². The minimum atomic E-state index is -0.412. The largest absolute Gasteiger partial charge is 0.308 e. The summed E-state index contributed by atoms with van der Waals surface area (Å²) in [6, 6.07) is 29.7. The lowest BCUT2D eigenvalue weighted by atomic mass is 9.67. The van der Waals surface area contributed by atoms with Crippen molar-refractivity contribution in [3.05, 3.63) is 113 Å². The number of benzene rings is 3. The first-order valence-corrected chi connectivity index (χ1v) is 8.23. The molecule has 0 bridgehead atoms. The SMILES string of the molecule is CC1=C(C=N)C(c2ccccc2)(c2ccccc2)c2ccccc21. The normalized spacial score (nSPS) is 15.2. The Kier molecular flexibility index (Phi) is 3.42. The standard InChI is InChI=1S/C23H19N/c1-17-20-14-8-9-15-21(20)23(22(17)16-24,18-10-4-2-5-11-18)19-12-6-3-7-13-19/h2-16,24H,1H3. The van der Waals surface area contributed by atoms with Crippen LogP contribution in [0.1, 0.15) is 29.2 Å². The predicted octanol–water partition coefficient (Wildman–Crippen LogP) is 5.46. The van der Waals surface area contributed by atoms with Crippen LogP contribution in [0.25, 0.3) is 5.57 Å². The van der Waals surface area contributed by atoms with Crippen molar-refractivity contribution in [2.45, 2.75) is 12.3 Å². The van der Waals surface area contributed by atoms with Crippen LogP contribution in [0, 0.1) is 5.41 Å². The zero-order valence-electron chi connectivity index (χ0n) is 13.7. The van der Waals surface area contributed by atoms with E-state index < -0.39 is 5.41 Å². The van der Waals surface area contributed by atoms with E-state index in [1.54, 1.807) is 0 Å². The summed E-state index contributed by atoms with van der Waals surface area (Å²) in [5.74, 6) is 0. The second kappa shape index (κ2) is 5.61. The fraction of sp³-hybridized carbons (Fsp3) is 0.0870. The van der Waals surface area contributed by atoms with E-state index in [0.29, 0.717) is 0 Å². The summed E-state index contributed by atoms with van der Waals surface area (Å²) in [6.07, 6.45) is 1.54. The van der Waals surface area contributed by atoms with Gasteiger partial charge in [-0.3, -0.25) is 0 Å². The van der Waals surface area contributed by atoms with Crippen molar-refractivity contribution in [3.8, 4) is 0 Å². The van der Waals surface area contributed by atoms with Crippen LogP contribution in [0.2, 0.25) is 0 Å². The van der Waals surface area contributed by atoms with Crippen LogP contribution < -0.4 is 0 Å². The summed E-state index contributed by atoms with van der Waals surface area (Å²) >= 11 is 0. The van der Waals surface area contributed by atoms with Crippen molar-refractivity contribution >= 4 is 11.8 Å². The molecule has 0 aliphatic heterocycles. The highest BCUT2D eigenvalue weighted by atomic mass is 14.5. The van der Waals surface area contributed by atoms with E-state index in [4.69, 9.17) is 5.41 Å². The van der Waals surface area contributed by atoms with Gasteiger partial charge in [0.1, 0.15) is 0 Å². The van der Waals surface area contributed by atoms with Crippen LogP contribution in [-0.2, 0) is 5.41 Å². The van der Waals surface area contributed by atoms with Gasteiger partial charge in [0.2, 0.25) is 0 Å². The number of rotatable bonds is 3. The monoisotopic (exact) mass is 309 g/mol. The van der Waals surface area contributed by atoms with Gasteiger partial charge in [-0.25, -0.2) is 0 Å². The molecule has 4 rings (SSSR count). The van der Waals surface area contributed by atoms with Crippen LogP contribution in [0.15, 0.2) is 90.5 Å². The summed E-state index contributed by atoms with van der Waals surface area (Å²) in [5, 5.41) is 8.18. The van der Waals surface area contributed by atoms with Gasteiger partial charge < -0.3 is 5.41 Å². The topological polar surface area (TPSA) is 23.9 Å². The summed E-state index contributed by atoms with van der Waals surface area (Å²) in [5.41, 5.74) is 6.75. The molecular formula is C23H19N. The van der Waals surface area contributed by atoms with E-state index in [1.165, 1.54) is 34.0 Å². The summed E-state index contributed by atoms with van der Waals surface area (Å²) in [4.78, 5) is 0. The Morgan fingerprint density at radius 1 is 0.708 bits per heavy atom. The maximum atomic E-state index is 8.18. The molecule has 0 saturated carbocycles. The van der Waals surface area contributed by atoms with E-state index in [-0.39, 0.29) is 0 Å². The third-order valence-corrected chi connectivity index (χ3v) is 5.10. The molecule has 1 N–H and O–H groups in total. The maximum Gasteiger partial charge on any atom is 0.0724 e. The van der Waals surface area contributed by atoms with Crippen LogP contribution in [-0.4, -0.2) is 6.21 Å². The number of fused-ring (bicyclic) bond motifs is 1. The van der Waals surface area contributed by atoms with Gasteiger partial charge in [0.05, 0.1) is 5.41 Å². The molecular weight excluding hydrogens is 290 g/mol. The second-order valence-electron chi connectivity index (χ2n) is 6.21. The Bertz CT molecular complexity index is 881. The van der Waals surface area contributed by atoms with Crippen molar-refractivity contribution < 1.29 is 0 Å². The Labute approximate surface area is 142 Å². The first kappa shape index (κ1) is 14.6. The van der Waals surface area contributed by atoms with Gasteiger partial charge in [-0.15, -0.1) is 0 Å². The Balaban J connectivity index is 2.17. The maximum absolute atomic E-state index is 8.18. The van der Waals surface area contributed by atoms with E-state index >= 15 is 0 Å². The third kappa shape index (κ3) is 1.85. The molecule has 0 unspecified atom stereocenters. The lowest BCUT2D eigenvalue weighted by molar-refractivity contribution is 0.773. The Hall–Kier alpha value is -2.93. The second-order valence-corrected chi connectivity index (χ2v) is 6.21. The van der Waals surface area contributed by atoms with Gasteiger partial charge in [-0.05, 0) is 40.3 Å². The van der Waals surface area contributed by atoms with Crippen molar-refractivity contribution in [1.29, 1.82) is 5.41 Å². The Morgan fingerprint density at radius 2 is 1.21 bits per heavy atom. The smallest absolute Gasteiger partial charge is 0.0724 e. The average molecular weight is 309 g/mol. The molecule has 0 atom stereocenters. The first-order valence-electron chi connectivity index (χ1n) is 8.23. The van der Waals surface area contributed by atoms with Gasteiger partial charge in [0.15, 0.2) is 0 Å². The highest BCUT2D eigenvalue weighted by molar-refractivity contribution is 6.00. The molecule has 1 nitrogen and oxygen atoms in total. The third-order valence-electron chi connectivity index (χ3n) is 5.10. The molecule has 0 aromatic heterocycles. The van der Waals surface area contributed by atoms with E-state index in [1.807, 2.05) is 12.1 Å². The molecule has 0 amide bonds. The molecule has 1 aliphatic carbocycles. The zero-order valence-corrected chi connectivity index (χ0v) is 13.7. The fourth-order valence-electron chi connectivity index (χ4n) is 4.09. The molecule has 0 spiro atoms. The number of hydrogen-bond acceptors (Lipinski definition) is 1. The highest BCUT2D eigenvalue weighted by Gasteiger charge is 2.45. The quantitative estimate of drug-likeness (QED) is 0.621. The summed E-state index contributed by atoms with van der Waals surface area (Å²) in [7, 11) is 0. The number of allylic oxidation sites excluding steroid dienone is 2. The number of nitrogens with one attached hydrogen (secondary N) is 1. The lowest BCUT2D eigenvalue weighted by Gasteiger charge is -2.34. The molecule has 1 heteroatoms. The van der Waals surface area contributed by atoms with Crippen molar-refractivity contribution in [1.82, 2.24) is 0 Å².